The number of amides is 2. The largest absolute Gasteiger partial charge is 0.342 e. The van der Waals surface area contributed by atoms with Crippen molar-refractivity contribution in [2.45, 2.75) is 64.8 Å². The average Bonchev–Trinajstić information content (AvgIpc) is 2.92. The van der Waals surface area contributed by atoms with Crippen molar-refractivity contribution in [1.82, 2.24) is 14.7 Å². The van der Waals surface area contributed by atoms with Gasteiger partial charge in [-0.15, -0.1) is 0 Å². The van der Waals surface area contributed by atoms with Gasteiger partial charge in [0.25, 0.3) is 5.91 Å². The number of nitrogens with zero attached hydrogens (tertiary/aromatic N) is 3. The van der Waals surface area contributed by atoms with Crippen molar-refractivity contribution in [3.8, 4) is 0 Å². The second-order valence-electron chi connectivity index (χ2n) is 9.90. The number of likely N-dealkylation sites (N-methyl/N-ethyl adjacent to an activating group) is 1. The van der Waals surface area contributed by atoms with E-state index in [-0.39, 0.29) is 17.7 Å². The molecule has 2 aliphatic heterocycles. The number of hydrogen-bond acceptors (Lipinski definition) is 3. The van der Waals surface area contributed by atoms with Crippen molar-refractivity contribution in [2.24, 2.45) is 11.8 Å². The Balaban J connectivity index is 1.51. The smallest absolute Gasteiger partial charge is 0.254 e. The summed E-state index contributed by atoms with van der Waals surface area (Å²) < 4.78 is 0. The Hall–Kier alpha value is -2.37. The monoisotopic (exact) mass is 426 g/mol. The predicted octanol–water partition coefficient (Wildman–Crippen LogP) is 3.93. The zero-order valence-corrected chi connectivity index (χ0v) is 19.7. The first-order valence-corrected chi connectivity index (χ1v) is 11.6. The first kappa shape index (κ1) is 23.3. The van der Waals surface area contributed by atoms with Gasteiger partial charge in [0.05, 0.1) is 5.92 Å². The molecular formula is C25H38N4O2. The Morgan fingerprint density at radius 2 is 1.77 bits per heavy atom. The average molecular weight is 427 g/mol. The fourth-order valence-electron chi connectivity index (χ4n) is 5.08. The molecule has 6 heteroatoms. The van der Waals surface area contributed by atoms with Crippen LogP contribution in [-0.2, 0) is 9.59 Å². The maximum Gasteiger partial charge on any atom is 0.254 e. The van der Waals surface area contributed by atoms with E-state index in [4.69, 9.17) is 5.41 Å². The Kier molecular flexibility index (Phi) is 7.07. The van der Waals surface area contributed by atoms with Crippen molar-refractivity contribution >= 4 is 17.8 Å². The Labute approximate surface area is 187 Å². The number of carbonyl (C=O) groups is 2. The van der Waals surface area contributed by atoms with Gasteiger partial charge >= 0.3 is 0 Å². The molecule has 0 saturated carbocycles. The van der Waals surface area contributed by atoms with Gasteiger partial charge in [0.1, 0.15) is 5.54 Å². The zero-order chi connectivity index (χ0) is 22.8. The molecule has 0 aliphatic carbocycles. The molecule has 2 aliphatic rings. The Morgan fingerprint density at radius 1 is 1.16 bits per heavy atom. The van der Waals surface area contributed by atoms with Gasteiger partial charge < -0.3 is 9.80 Å². The van der Waals surface area contributed by atoms with Crippen LogP contribution in [0.2, 0.25) is 0 Å². The maximum absolute atomic E-state index is 13.1. The van der Waals surface area contributed by atoms with E-state index in [2.05, 4.69) is 13.8 Å². The summed E-state index contributed by atoms with van der Waals surface area (Å²) >= 11 is 0. The Bertz CT molecular complexity index is 801. The zero-order valence-electron chi connectivity index (χ0n) is 19.7. The minimum atomic E-state index is -0.616. The molecule has 3 rings (SSSR count). The third-order valence-corrected chi connectivity index (χ3v) is 7.18. The summed E-state index contributed by atoms with van der Waals surface area (Å²) in [6, 6.07) is 9.96. The van der Waals surface area contributed by atoms with Crippen LogP contribution in [0, 0.1) is 17.2 Å². The highest BCUT2D eigenvalue weighted by Crippen LogP contribution is 2.33. The molecule has 6 nitrogen and oxygen atoms in total. The van der Waals surface area contributed by atoms with Crippen LogP contribution >= 0.6 is 0 Å². The van der Waals surface area contributed by atoms with Gasteiger partial charge in [-0.05, 0) is 56.9 Å². The highest BCUT2D eigenvalue weighted by atomic mass is 16.2. The first-order valence-electron chi connectivity index (χ1n) is 11.6. The lowest BCUT2D eigenvalue weighted by molar-refractivity contribution is -0.133. The first-order chi connectivity index (χ1) is 14.6. The van der Waals surface area contributed by atoms with E-state index in [9.17, 15) is 9.59 Å². The van der Waals surface area contributed by atoms with Gasteiger partial charge in [-0.3, -0.25) is 19.9 Å². The number of hydrogen-bond donors (Lipinski definition) is 1. The fraction of sp³-hybridized carbons (Fsp3) is 0.640. The van der Waals surface area contributed by atoms with Crippen LogP contribution in [0.15, 0.2) is 30.3 Å². The molecule has 2 saturated heterocycles. The van der Waals surface area contributed by atoms with E-state index >= 15 is 0 Å². The SMILES string of the molecule is CC(C)CC1(C)C(=O)N(CCC2CCN(C(=O)C(C)c3ccccc3)CC2)C(=N)N1C. The molecule has 2 fully saturated rings. The van der Waals surface area contributed by atoms with Gasteiger partial charge in [-0.1, -0.05) is 44.2 Å². The van der Waals surface area contributed by atoms with Crippen LogP contribution in [0.25, 0.3) is 0 Å². The lowest BCUT2D eigenvalue weighted by Gasteiger charge is -2.34. The second kappa shape index (κ2) is 9.41. The third kappa shape index (κ3) is 4.78. The fourth-order valence-corrected chi connectivity index (χ4v) is 5.08. The minimum Gasteiger partial charge on any atom is -0.342 e. The van der Waals surface area contributed by atoms with Crippen LogP contribution in [0.3, 0.4) is 0 Å². The summed E-state index contributed by atoms with van der Waals surface area (Å²) in [5.74, 6) is 1.33. The van der Waals surface area contributed by atoms with Crippen molar-refractivity contribution < 1.29 is 9.59 Å². The molecule has 2 amide bonds. The summed E-state index contributed by atoms with van der Waals surface area (Å²) in [5, 5.41) is 8.45. The van der Waals surface area contributed by atoms with Crippen LogP contribution in [0.5, 0.6) is 0 Å². The van der Waals surface area contributed by atoms with E-state index in [0.29, 0.717) is 24.3 Å². The molecule has 1 N–H and O–H groups in total. The molecular weight excluding hydrogens is 388 g/mol. The predicted molar refractivity (Wildman–Crippen MR) is 124 cm³/mol. The molecule has 170 valence electrons. The van der Waals surface area contributed by atoms with E-state index in [1.807, 2.05) is 61.0 Å². The number of nitrogens with one attached hydrogen (secondary N) is 1. The van der Waals surface area contributed by atoms with Gasteiger partial charge in [0.2, 0.25) is 11.9 Å². The van der Waals surface area contributed by atoms with Gasteiger partial charge in [-0.25, -0.2) is 0 Å². The van der Waals surface area contributed by atoms with Crippen LogP contribution in [0.4, 0.5) is 0 Å². The quantitative estimate of drug-likeness (QED) is 0.718. The summed E-state index contributed by atoms with van der Waals surface area (Å²) in [4.78, 5) is 31.5. The number of guanidine groups is 1. The molecule has 0 aromatic heterocycles. The highest BCUT2D eigenvalue weighted by molar-refractivity contribution is 6.07. The van der Waals surface area contributed by atoms with Gasteiger partial charge in [0.15, 0.2) is 0 Å². The molecule has 2 atom stereocenters. The third-order valence-electron chi connectivity index (χ3n) is 7.18. The number of likely N-dealkylation sites (tertiary alicyclic amines) is 1. The van der Waals surface area contributed by atoms with E-state index in [0.717, 1.165) is 44.3 Å². The van der Waals surface area contributed by atoms with E-state index < -0.39 is 5.54 Å². The number of benzene rings is 1. The molecule has 2 heterocycles. The van der Waals surface area contributed by atoms with Crippen molar-refractivity contribution in [1.29, 1.82) is 5.41 Å². The van der Waals surface area contributed by atoms with Crippen molar-refractivity contribution in [2.75, 3.05) is 26.7 Å². The topological polar surface area (TPSA) is 67.7 Å². The standard InChI is InChI=1S/C25H38N4O2/c1-18(2)17-25(4)23(31)29(24(26)27(25)5)16-13-20-11-14-28(15-12-20)22(30)19(3)21-9-7-6-8-10-21/h6-10,18-20,26H,11-17H2,1-5H3. The molecule has 0 radical (unpaired) electrons. The minimum absolute atomic E-state index is 0.0537. The van der Waals surface area contributed by atoms with Crippen LogP contribution in [-0.4, -0.2) is 64.7 Å². The van der Waals surface area contributed by atoms with E-state index in [1.54, 1.807) is 4.90 Å². The van der Waals surface area contributed by atoms with Crippen LogP contribution < -0.4 is 0 Å². The number of rotatable bonds is 7. The highest BCUT2D eigenvalue weighted by Gasteiger charge is 2.50. The molecule has 1 aromatic carbocycles. The van der Waals surface area contributed by atoms with Crippen LogP contribution in [0.1, 0.15) is 64.9 Å². The summed E-state index contributed by atoms with van der Waals surface area (Å²) in [6.45, 7) is 10.3. The van der Waals surface area contributed by atoms with Gasteiger partial charge in [0, 0.05) is 26.7 Å². The molecule has 2 unspecified atom stereocenters. The Morgan fingerprint density at radius 3 is 2.35 bits per heavy atom. The number of carbonyl (C=O) groups excluding carboxylic acids is 2. The molecule has 0 bridgehead atoms. The van der Waals surface area contributed by atoms with Crippen molar-refractivity contribution in [3.05, 3.63) is 35.9 Å². The maximum atomic E-state index is 13.1. The lowest BCUT2D eigenvalue weighted by atomic mass is 9.89. The van der Waals surface area contributed by atoms with Crippen molar-refractivity contribution in [3.63, 3.8) is 0 Å². The molecule has 31 heavy (non-hydrogen) atoms. The van der Waals surface area contributed by atoms with E-state index in [1.165, 1.54) is 0 Å². The summed E-state index contributed by atoms with van der Waals surface area (Å²) in [6.07, 6.45) is 3.56. The summed E-state index contributed by atoms with van der Waals surface area (Å²) in [5.41, 5.74) is 0.448. The molecule has 1 aromatic rings. The lowest BCUT2D eigenvalue weighted by Crippen LogP contribution is -2.46. The van der Waals surface area contributed by atoms with Gasteiger partial charge in [-0.2, -0.15) is 0 Å². The normalized spacial score (nSPS) is 23.7. The number of piperidine rings is 1. The summed E-state index contributed by atoms with van der Waals surface area (Å²) in [7, 11) is 1.86. The second-order valence-corrected chi connectivity index (χ2v) is 9.90. The molecule has 0 spiro atoms.